The molecule has 3 aromatic rings. The molecule has 0 unspecified atom stereocenters. The molecule has 1 aromatic heterocycles. The van der Waals surface area contributed by atoms with Crippen molar-refractivity contribution in [3.05, 3.63) is 66.2 Å². The van der Waals surface area contributed by atoms with Gasteiger partial charge < -0.3 is 15.0 Å². The molecule has 0 radical (unpaired) electrons. The van der Waals surface area contributed by atoms with Crippen LogP contribution in [0.1, 0.15) is 16.2 Å². The van der Waals surface area contributed by atoms with Crippen LogP contribution in [0.4, 0.5) is 0 Å². The average molecular weight is 405 g/mol. The zero-order valence-electron chi connectivity index (χ0n) is 16.7. The number of rotatable bonds is 5. The predicted molar refractivity (Wildman–Crippen MR) is 111 cm³/mol. The molecule has 0 bridgehead atoms. The second-order valence-electron chi connectivity index (χ2n) is 7.20. The van der Waals surface area contributed by atoms with E-state index in [1.54, 1.807) is 12.0 Å². The van der Waals surface area contributed by atoms with Crippen LogP contribution in [0.15, 0.2) is 54.9 Å². The number of amides is 2. The number of hydrogen-bond donors (Lipinski definition) is 2. The van der Waals surface area contributed by atoms with Gasteiger partial charge in [0.2, 0.25) is 11.7 Å². The lowest BCUT2D eigenvalue weighted by molar-refractivity contribution is -0.124. The normalized spacial score (nSPS) is 16.6. The summed E-state index contributed by atoms with van der Waals surface area (Å²) < 4.78 is 5.20. The van der Waals surface area contributed by atoms with E-state index in [0.29, 0.717) is 26.1 Å². The van der Waals surface area contributed by atoms with Gasteiger partial charge in [0.25, 0.3) is 5.91 Å². The summed E-state index contributed by atoms with van der Waals surface area (Å²) in [5.41, 5.74) is 3.23. The standard InChI is InChI=1S/C22H23N5O3/c1-30-19-8-6-17(7-9-19)16-4-2-15(3-5-16)12-18-13-27(11-10-23-21(18)28)22(29)20-24-14-25-26-20/h2-9,14,18H,10-13H2,1H3,(H,23,28)(H,24,25,26)/t18-/m0/s1. The first-order valence-electron chi connectivity index (χ1n) is 9.80. The number of nitrogens with one attached hydrogen (secondary N) is 2. The maximum absolute atomic E-state index is 12.6. The highest BCUT2D eigenvalue weighted by Gasteiger charge is 2.29. The Morgan fingerprint density at radius 1 is 1.13 bits per heavy atom. The van der Waals surface area contributed by atoms with E-state index in [2.05, 4.69) is 20.5 Å². The molecule has 1 aliphatic heterocycles. The summed E-state index contributed by atoms with van der Waals surface area (Å²) in [5, 5.41) is 9.23. The number of hydrogen-bond acceptors (Lipinski definition) is 5. The van der Waals surface area contributed by atoms with Gasteiger partial charge in [-0.3, -0.25) is 14.7 Å². The molecule has 2 N–H and O–H groups in total. The molecule has 1 aliphatic rings. The second-order valence-corrected chi connectivity index (χ2v) is 7.20. The lowest BCUT2D eigenvalue weighted by atomic mass is 9.96. The molecular weight excluding hydrogens is 382 g/mol. The highest BCUT2D eigenvalue weighted by atomic mass is 16.5. The lowest BCUT2D eigenvalue weighted by Crippen LogP contribution is -2.37. The molecule has 0 aliphatic carbocycles. The SMILES string of the molecule is COc1ccc(-c2ccc(C[C@H]3CN(C(=O)c4ncn[nH]4)CCNC3=O)cc2)cc1. The highest BCUT2D eigenvalue weighted by Crippen LogP contribution is 2.24. The zero-order chi connectivity index (χ0) is 20.9. The van der Waals surface area contributed by atoms with E-state index in [9.17, 15) is 9.59 Å². The molecular formula is C22H23N5O3. The van der Waals surface area contributed by atoms with Crippen molar-refractivity contribution in [3.8, 4) is 16.9 Å². The van der Waals surface area contributed by atoms with Crippen LogP contribution < -0.4 is 10.1 Å². The second kappa shape index (κ2) is 8.77. The van der Waals surface area contributed by atoms with E-state index in [1.807, 2.05) is 48.5 Å². The van der Waals surface area contributed by atoms with E-state index in [-0.39, 0.29) is 23.6 Å². The van der Waals surface area contributed by atoms with Crippen LogP contribution in [-0.4, -0.2) is 58.6 Å². The number of benzene rings is 2. The maximum Gasteiger partial charge on any atom is 0.291 e. The van der Waals surface area contributed by atoms with Gasteiger partial charge in [-0.25, -0.2) is 4.98 Å². The van der Waals surface area contributed by atoms with Gasteiger partial charge in [0.05, 0.1) is 13.0 Å². The molecule has 2 heterocycles. The minimum atomic E-state index is -0.328. The fraction of sp³-hybridized carbons (Fsp3) is 0.273. The predicted octanol–water partition coefficient (Wildman–Crippen LogP) is 1.91. The van der Waals surface area contributed by atoms with Crippen molar-refractivity contribution in [3.63, 3.8) is 0 Å². The third kappa shape index (κ3) is 4.32. The number of ether oxygens (including phenoxy) is 1. The summed E-state index contributed by atoms with van der Waals surface area (Å²) in [5.74, 6) is 0.392. The first kappa shape index (κ1) is 19.6. The Morgan fingerprint density at radius 2 is 1.83 bits per heavy atom. The van der Waals surface area contributed by atoms with Crippen molar-refractivity contribution in [2.45, 2.75) is 6.42 Å². The van der Waals surface area contributed by atoms with E-state index in [4.69, 9.17) is 4.74 Å². The minimum Gasteiger partial charge on any atom is -0.497 e. The molecule has 0 spiro atoms. The number of H-pyrrole nitrogens is 1. The Morgan fingerprint density at radius 3 is 2.47 bits per heavy atom. The van der Waals surface area contributed by atoms with Crippen LogP contribution in [0.2, 0.25) is 0 Å². The number of aromatic amines is 1. The maximum atomic E-state index is 12.6. The van der Waals surface area contributed by atoms with E-state index < -0.39 is 0 Å². The number of methoxy groups -OCH3 is 1. The third-order valence-electron chi connectivity index (χ3n) is 5.26. The van der Waals surface area contributed by atoms with Crippen LogP contribution in [0.3, 0.4) is 0 Å². The summed E-state index contributed by atoms with van der Waals surface area (Å²) in [4.78, 5) is 30.7. The molecule has 1 atom stereocenters. The smallest absolute Gasteiger partial charge is 0.291 e. The van der Waals surface area contributed by atoms with Crippen molar-refractivity contribution in [2.24, 2.45) is 5.92 Å². The Labute approximate surface area is 174 Å². The van der Waals surface area contributed by atoms with Crippen molar-refractivity contribution >= 4 is 11.8 Å². The molecule has 30 heavy (non-hydrogen) atoms. The first-order chi connectivity index (χ1) is 14.6. The van der Waals surface area contributed by atoms with Crippen LogP contribution in [0, 0.1) is 5.92 Å². The molecule has 0 saturated carbocycles. The molecule has 1 fully saturated rings. The van der Waals surface area contributed by atoms with Crippen molar-refractivity contribution < 1.29 is 14.3 Å². The minimum absolute atomic E-state index is 0.0397. The van der Waals surface area contributed by atoms with Gasteiger partial charge in [-0.2, -0.15) is 5.10 Å². The molecule has 8 heteroatoms. The van der Waals surface area contributed by atoms with E-state index >= 15 is 0 Å². The number of carbonyl (C=O) groups is 2. The zero-order valence-corrected chi connectivity index (χ0v) is 16.7. The summed E-state index contributed by atoms with van der Waals surface area (Å²) in [6, 6.07) is 16.0. The molecule has 2 amide bonds. The topological polar surface area (TPSA) is 100 Å². The van der Waals surface area contributed by atoms with Gasteiger partial charge in [0.15, 0.2) is 0 Å². The summed E-state index contributed by atoms with van der Waals surface area (Å²) in [6.07, 6.45) is 1.85. The molecule has 1 saturated heterocycles. The van der Waals surface area contributed by atoms with Gasteiger partial charge >= 0.3 is 0 Å². The van der Waals surface area contributed by atoms with Gasteiger partial charge in [0, 0.05) is 19.6 Å². The van der Waals surface area contributed by atoms with Crippen LogP contribution in [0.5, 0.6) is 5.75 Å². The largest absolute Gasteiger partial charge is 0.497 e. The Kier molecular flexibility index (Phi) is 5.74. The molecule has 8 nitrogen and oxygen atoms in total. The van der Waals surface area contributed by atoms with Gasteiger partial charge in [0.1, 0.15) is 12.1 Å². The average Bonchev–Trinajstić information content (AvgIpc) is 3.26. The van der Waals surface area contributed by atoms with Gasteiger partial charge in [-0.1, -0.05) is 36.4 Å². The lowest BCUT2D eigenvalue weighted by Gasteiger charge is -2.22. The van der Waals surface area contributed by atoms with Crippen molar-refractivity contribution in [1.29, 1.82) is 0 Å². The first-order valence-corrected chi connectivity index (χ1v) is 9.80. The summed E-state index contributed by atoms with van der Waals surface area (Å²) >= 11 is 0. The Balaban J connectivity index is 1.46. The number of carbonyl (C=O) groups excluding carboxylic acids is 2. The molecule has 2 aromatic carbocycles. The number of nitrogens with zero attached hydrogens (tertiary/aromatic N) is 3. The Bertz CT molecular complexity index is 1000. The third-order valence-corrected chi connectivity index (χ3v) is 5.26. The fourth-order valence-corrected chi connectivity index (χ4v) is 3.60. The molecule has 4 rings (SSSR count). The summed E-state index contributed by atoms with van der Waals surface area (Å²) in [6.45, 7) is 1.20. The van der Waals surface area contributed by atoms with Gasteiger partial charge in [-0.05, 0) is 35.2 Å². The van der Waals surface area contributed by atoms with E-state index in [1.165, 1.54) is 6.33 Å². The van der Waals surface area contributed by atoms with E-state index in [0.717, 1.165) is 22.4 Å². The van der Waals surface area contributed by atoms with Crippen LogP contribution >= 0.6 is 0 Å². The molecule has 154 valence electrons. The quantitative estimate of drug-likeness (QED) is 0.675. The number of aromatic nitrogens is 3. The van der Waals surface area contributed by atoms with Crippen molar-refractivity contribution in [2.75, 3.05) is 26.7 Å². The van der Waals surface area contributed by atoms with Crippen LogP contribution in [0.25, 0.3) is 11.1 Å². The fourth-order valence-electron chi connectivity index (χ4n) is 3.60. The van der Waals surface area contributed by atoms with Crippen molar-refractivity contribution in [1.82, 2.24) is 25.4 Å². The van der Waals surface area contributed by atoms with Gasteiger partial charge in [-0.15, -0.1) is 0 Å². The summed E-state index contributed by atoms with van der Waals surface area (Å²) in [7, 11) is 1.65. The Hall–Kier alpha value is -3.68. The highest BCUT2D eigenvalue weighted by molar-refractivity contribution is 5.91. The monoisotopic (exact) mass is 405 g/mol. The van der Waals surface area contributed by atoms with Crippen LogP contribution in [-0.2, 0) is 11.2 Å².